The normalized spacial score (nSPS) is 24.4. The van der Waals surface area contributed by atoms with Crippen LogP contribution in [0.5, 0.6) is 5.75 Å². The van der Waals surface area contributed by atoms with E-state index in [0.717, 1.165) is 25.1 Å². The van der Waals surface area contributed by atoms with Crippen LogP contribution in [0.3, 0.4) is 0 Å². The third-order valence-corrected chi connectivity index (χ3v) is 4.35. The molecular formula is C16H24N2O2. The van der Waals surface area contributed by atoms with Crippen molar-refractivity contribution in [3.8, 4) is 5.75 Å². The number of rotatable bonds is 3. The van der Waals surface area contributed by atoms with Crippen molar-refractivity contribution in [2.45, 2.75) is 32.7 Å². The molecule has 3 atom stereocenters. The van der Waals surface area contributed by atoms with Gasteiger partial charge in [-0.25, -0.2) is 0 Å². The van der Waals surface area contributed by atoms with Crippen molar-refractivity contribution in [1.29, 1.82) is 0 Å². The van der Waals surface area contributed by atoms with Crippen molar-refractivity contribution < 1.29 is 9.90 Å². The van der Waals surface area contributed by atoms with Crippen LogP contribution >= 0.6 is 0 Å². The van der Waals surface area contributed by atoms with E-state index in [1.165, 1.54) is 0 Å². The largest absolute Gasteiger partial charge is 0.508 e. The SMILES string of the molecule is CC1CCN(C(=O)[C@@H](N)Cc2ccc(O)cc2)CC1C. The number of benzene rings is 1. The summed E-state index contributed by atoms with van der Waals surface area (Å²) >= 11 is 0. The molecule has 1 amide bonds. The molecule has 1 fully saturated rings. The Balaban J connectivity index is 1.93. The quantitative estimate of drug-likeness (QED) is 0.884. The molecule has 110 valence electrons. The number of nitrogens with zero attached hydrogens (tertiary/aromatic N) is 1. The minimum absolute atomic E-state index is 0.0387. The van der Waals surface area contributed by atoms with Gasteiger partial charge in [-0.05, 0) is 42.4 Å². The van der Waals surface area contributed by atoms with Gasteiger partial charge in [-0.2, -0.15) is 0 Å². The molecule has 1 aliphatic heterocycles. The highest BCUT2D eigenvalue weighted by Crippen LogP contribution is 2.23. The van der Waals surface area contributed by atoms with Gasteiger partial charge in [0.15, 0.2) is 0 Å². The minimum Gasteiger partial charge on any atom is -0.508 e. The molecule has 0 aromatic heterocycles. The summed E-state index contributed by atoms with van der Waals surface area (Å²) in [5.74, 6) is 1.48. The van der Waals surface area contributed by atoms with Crippen LogP contribution in [0.4, 0.5) is 0 Å². The van der Waals surface area contributed by atoms with Gasteiger partial charge in [0.1, 0.15) is 5.75 Å². The third-order valence-electron chi connectivity index (χ3n) is 4.35. The fraction of sp³-hybridized carbons (Fsp3) is 0.562. The van der Waals surface area contributed by atoms with Crippen LogP contribution in [0.2, 0.25) is 0 Å². The zero-order valence-corrected chi connectivity index (χ0v) is 12.2. The Labute approximate surface area is 120 Å². The fourth-order valence-corrected chi connectivity index (χ4v) is 2.67. The molecule has 0 radical (unpaired) electrons. The van der Waals surface area contributed by atoms with Crippen LogP contribution in [0, 0.1) is 11.8 Å². The zero-order valence-electron chi connectivity index (χ0n) is 12.2. The lowest BCUT2D eigenvalue weighted by atomic mass is 9.88. The number of aromatic hydroxyl groups is 1. The molecule has 20 heavy (non-hydrogen) atoms. The number of carbonyl (C=O) groups excluding carboxylic acids is 1. The maximum absolute atomic E-state index is 12.4. The maximum Gasteiger partial charge on any atom is 0.239 e. The molecular weight excluding hydrogens is 252 g/mol. The van der Waals surface area contributed by atoms with E-state index < -0.39 is 6.04 Å². The predicted molar refractivity (Wildman–Crippen MR) is 79.3 cm³/mol. The number of carbonyl (C=O) groups is 1. The van der Waals surface area contributed by atoms with Gasteiger partial charge in [-0.15, -0.1) is 0 Å². The number of hydrogen-bond acceptors (Lipinski definition) is 3. The highest BCUT2D eigenvalue weighted by Gasteiger charge is 2.28. The summed E-state index contributed by atoms with van der Waals surface area (Å²) in [6.45, 7) is 6.05. The van der Waals surface area contributed by atoms with Gasteiger partial charge in [0, 0.05) is 13.1 Å². The fourth-order valence-electron chi connectivity index (χ4n) is 2.67. The Hall–Kier alpha value is -1.55. The van der Waals surface area contributed by atoms with Crippen LogP contribution in [0.15, 0.2) is 24.3 Å². The average molecular weight is 276 g/mol. The summed E-state index contributed by atoms with van der Waals surface area (Å²) in [5.41, 5.74) is 7.02. The van der Waals surface area contributed by atoms with E-state index in [0.29, 0.717) is 18.3 Å². The lowest BCUT2D eigenvalue weighted by Crippen LogP contribution is -2.49. The van der Waals surface area contributed by atoms with Gasteiger partial charge >= 0.3 is 0 Å². The van der Waals surface area contributed by atoms with Crippen molar-refractivity contribution in [3.63, 3.8) is 0 Å². The van der Waals surface area contributed by atoms with Crippen molar-refractivity contribution >= 4 is 5.91 Å². The first kappa shape index (κ1) is 14.9. The number of phenols is 1. The molecule has 1 aromatic rings. The second kappa shape index (κ2) is 6.27. The summed E-state index contributed by atoms with van der Waals surface area (Å²) in [7, 11) is 0. The van der Waals surface area contributed by atoms with Gasteiger partial charge < -0.3 is 15.7 Å². The summed E-state index contributed by atoms with van der Waals surface area (Å²) < 4.78 is 0. The highest BCUT2D eigenvalue weighted by atomic mass is 16.3. The first-order valence-electron chi connectivity index (χ1n) is 7.29. The molecule has 1 aliphatic rings. The van der Waals surface area contributed by atoms with E-state index in [2.05, 4.69) is 13.8 Å². The summed E-state index contributed by atoms with van der Waals surface area (Å²) in [6.07, 6.45) is 1.57. The Morgan fingerprint density at radius 2 is 2.00 bits per heavy atom. The topological polar surface area (TPSA) is 66.6 Å². The van der Waals surface area contributed by atoms with E-state index in [9.17, 15) is 9.90 Å². The van der Waals surface area contributed by atoms with Gasteiger partial charge in [-0.3, -0.25) is 4.79 Å². The van der Waals surface area contributed by atoms with Gasteiger partial charge in [0.2, 0.25) is 5.91 Å². The van der Waals surface area contributed by atoms with E-state index in [1.54, 1.807) is 12.1 Å². The van der Waals surface area contributed by atoms with Crippen LogP contribution in [-0.4, -0.2) is 35.0 Å². The van der Waals surface area contributed by atoms with E-state index in [1.807, 2.05) is 17.0 Å². The van der Waals surface area contributed by atoms with Gasteiger partial charge in [-0.1, -0.05) is 26.0 Å². The van der Waals surface area contributed by atoms with Crippen LogP contribution in [0.25, 0.3) is 0 Å². The number of phenolic OH excluding ortho intramolecular Hbond substituents is 1. The molecule has 0 spiro atoms. The molecule has 0 bridgehead atoms. The Morgan fingerprint density at radius 1 is 1.35 bits per heavy atom. The molecule has 2 rings (SSSR count). The number of amides is 1. The lowest BCUT2D eigenvalue weighted by molar-refractivity contribution is -0.134. The molecule has 0 saturated carbocycles. The second-order valence-electron chi connectivity index (χ2n) is 6.00. The molecule has 0 aliphatic carbocycles. The number of piperidine rings is 1. The smallest absolute Gasteiger partial charge is 0.239 e. The van der Waals surface area contributed by atoms with E-state index in [-0.39, 0.29) is 11.7 Å². The molecule has 2 unspecified atom stereocenters. The molecule has 3 N–H and O–H groups in total. The first-order valence-corrected chi connectivity index (χ1v) is 7.29. The molecule has 1 saturated heterocycles. The standard InChI is InChI=1S/C16H24N2O2/c1-11-7-8-18(10-12(11)2)16(20)15(17)9-13-3-5-14(19)6-4-13/h3-6,11-12,15,19H,7-10,17H2,1-2H3/t11?,12?,15-/m0/s1. The number of likely N-dealkylation sites (tertiary alicyclic amines) is 1. The monoisotopic (exact) mass is 276 g/mol. The summed E-state index contributed by atoms with van der Waals surface area (Å²) in [6, 6.07) is 6.36. The van der Waals surface area contributed by atoms with Crippen LogP contribution < -0.4 is 5.73 Å². The highest BCUT2D eigenvalue weighted by molar-refractivity contribution is 5.82. The minimum atomic E-state index is -0.500. The van der Waals surface area contributed by atoms with Crippen molar-refractivity contribution in [2.24, 2.45) is 17.6 Å². The summed E-state index contributed by atoms with van der Waals surface area (Å²) in [4.78, 5) is 14.3. The van der Waals surface area contributed by atoms with Gasteiger partial charge in [0.25, 0.3) is 0 Å². The molecule has 1 aromatic carbocycles. The third kappa shape index (κ3) is 3.51. The van der Waals surface area contributed by atoms with Crippen LogP contribution in [0.1, 0.15) is 25.8 Å². The van der Waals surface area contributed by atoms with E-state index >= 15 is 0 Å². The first-order chi connectivity index (χ1) is 9.47. The Kier molecular flexibility index (Phi) is 4.65. The van der Waals surface area contributed by atoms with Gasteiger partial charge in [0.05, 0.1) is 6.04 Å². The van der Waals surface area contributed by atoms with Crippen molar-refractivity contribution in [1.82, 2.24) is 4.90 Å². The van der Waals surface area contributed by atoms with Crippen molar-refractivity contribution in [3.05, 3.63) is 29.8 Å². The lowest BCUT2D eigenvalue weighted by Gasteiger charge is -2.36. The number of nitrogens with two attached hydrogens (primary N) is 1. The van der Waals surface area contributed by atoms with Crippen LogP contribution in [-0.2, 0) is 11.2 Å². The molecule has 4 heteroatoms. The van der Waals surface area contributed by atoms with E-state index in [4.69, 9.17) is 5.73 Å². The second-order valence-corrected chi connectivity index (χ2v) is 6.00. The van der Waals surface area contributed by atoms with Crippen molar-refractivity contribution in [2.75, 3.05) is 13.1 Å². The average Bonchev–Trinajstić information content (AvgIpc) is 2.43. The summed E-state index contributed by atoms with van der Waals surface area (Å²) in [5, 5.41) is 9.25. The zero-order chi connectivity index (χ0) is 14.7. The predicted octanol–water partition coefficient (Wildman–Crippen LogP) is 1.77. The Bertz CT molecular complexity index is 458. The Morgan fingerprint density at radius 3 is 2.60 bits per heavy atom. The number of hydrogen-bond donors (Lipinski definition) is 2. The molecule has 1 heterocycles. The maximum atomic E-state index is 12.4. The molecule has 4 nitrogen and oxygen atoms in total.